The summed E-state index contributed by atoms with van der Waals surface area (Å²) >= 11 is 0. The lowest BCUT2D eigenvalue weighted by Gasteiger charge is -2.00. The summed E-state index contributed by atoms with van der Waals surface area (Å²) in [5.74, 6) is -0.652. The molecule has 6 heteroatoms. The Kier molecular flexibility index (Phi) is 2.98. The van der Waals surface area contributed by atoms with Crippen LogP contribution in [0.5, 0.6) is 0 Å². The highest BCUT2D eigenvalue weighted by molar-refractivity contribution is 5.95. The van der Waals surface area contributed by atoms with E-state index in [1.807, 2.05) is 5.32 Å². The molecule has 0 saturated heterocycles. The van der Waals surface area contributed by atoms with Crippen molar-refractivity contribution in [3.05, 3.63) is 39.4 Å². The van der Waals surface area contributed by atoms with E-state index in [1.165, 1.54) is 18.3 Å². The number of nitrogens with zero attached hydrogens (tertiary/aromatic N) is 2. The van der Waals surface area contributed by atoms with E-state index < -0.39 is 10.8 Å². The van der Waals surface area contributed by atoms with Crippen molar-refractivity contribution in [3.8, 4) is 6.19 Å². The van der Waals surface area contributed by atoms with Crippen molar-refractivity contribution in [3.63, 3.8) is 0 Å². The number of nitro benzene ring substituents is 1. The molecular weight excluding hydrogens is 198 g/mol. The summed E-state index contributed by atoms with van der Waals surface area (Å²) in [7, 11) is 0. The predicted molar refractivity (Wildman–Crippen MR) is 50.9 cm³/mol. The molecule has 1 aromatic carbocycles. The van der Waals surface area contributed by atoms with Crippen molar-refractivity contribution < 1.29 is 9.72 Å². The molecule has 76 valence electrons. The van der Waals surface area contributed by atoms with Gasteiger partial charge in [0.1, 0.15) is 0 Å². The van der Waals surface area contributed by atoms with E-state index in [0.29, 0.717) is 5.56 Å². The fourth-order valence-electron chi connectivity index (χ4n) is 1.07. The number of nitro groups is 1. The van der Waals surface area contributed by atoms with Gasteiger partial charge in [-0.1, -0.05) is 6.07 Å². The second kappa shape index (κ2) is 4.19. The minimum Gasteiger partial charge on any atom is -0.268 e. The molecule has 0 radical (unpaired) electrons. The molecule has 15 heavy (non-hydrogen) atoms. The fourth-order valence-corrected chi connectivity index (χ4v) is 1.07. The van der Waals surface area contributed by atoms with Gasteiger partial charge in [-0.25, -0.2) is 0 Å². The third-order valence-corrected chi connectivity index (χ3v) is 1.84. The van der Waals surface area contributed by atoms with Crippen LogP contribution in [0.2, 0.25) is 0 Å². The van der Waals surface area contributed by atoms with Gasteiger partial charge in [-0.3, -0.25) is 20.2 Å². The molecule has 0 atom stereocenters. The summed E-state index contributed by atoms with van der Waals surface area (Å²) in [5.41, 5.74) is 0.419. The van der Waals surface area contributed by atoms with E-state index in [2.05, 4.69) is 0 Å². The highest BCUT2D eigenvalue weighted by atomic mass is 16.6. The summed E-state index contributed by atoms with van der Waals surface area (Å²) in [6.45, 7) is 1.57. The smallest absolute Gasteiger partial charge is 0.268 e. The molecule has 0 saturated carbocycles. The molecule has 0 aliphatic rings. The Hall–Kier alpha value is -2.42. The topological polar surface area (TPSA) is 96.0 Å². The lowest BCUT2D eigenvalue weighted by Crippen LogP contribution is -2.17. The standard InChI is InChI=1S/C9H7N3O3/c1-6-2-3-7(9(13)11-5-10)4-8(6)12(14)15/h2-4H,1H3,(H,11,13). The lowest BCUT2D eigenvalue weighted by molar-refractivity contribution is -0.385. The number of amides is 1. The van der Waals surface area contributed by atoms with Gasteiger partial charge in [0, 0.05) is 17.2 Å². The van der Waals surface area contributed by atoms with Crippen LogP contribution in [0.3, 0.4) is 0 Å². The van der Waals surface area contributed by atoms with Crippen LogP contribution in [0.15, 0.2) is 18.2 Å². The first kappa shape index (κ1) is 10.7. The number of aryl methyl sites for hydroxylation is 1. The number of hydrogen-bond acceptors (Lipinski definition) is 4. The van der Waals surface area contributed by atoms with Crippen molar-refractivity contribution in [2.75, 3.05) is 0 Å². The first-order valence-electron chi connectivity index (χ1n) is 4.00. The fraction of sp³-hybridized carbons (Fsp3) is 0.111. The van der Waals surface area contributed by atoms with Crippen LogP contribution in [-0.2, 0) is 0 Å². The van der Waals surface area contributed by atoms with Gasteiger partial charge in [0.2, 0.25) is 0 Å². The van der Waals surface area contributed by atoms with E-state index in [9.17, 15) is 14.9 Å². The molecule has 0 aliphatic carbocycles. The summed E-state index contributed by atoms with van der Waals surface area (Å²) in [6, 6.07) is 4.03. The average molecular weight is 205 g/mol. The summed E-state index contributed by atoms with van der Waals surface area (Å²) < 4.78 is 0. The van der Waals surface area contributed by atoms with E-state index in [4.69, 9.17) is 5.26 Å². The quantitative estimate of drug-likeness (QED) is 0.338. The third kappa shape index (κ3) is 2.28. The Bertz CT molecular complexity index is 462. The zero-order chi connectivity index (χ0) is 11.4. The van der Waals surface area contributed by atoms with Crippen molar-refractivity contribution >= 4 is 11.6 Å². The monoisotopic (exact) mass is 205 g/mol. The van der Waals surface area contributed by atoms with Gasteiger partial charge >= 0.3 is 0 Å². The Morgan fingerprint density at radius 2 is 2.27 bits per heavy atom. The summed E-state index contributed by atoms with van der Waals surface area (Å²) in [4.78, 5) is 21.2. The van der Waals surface area contributed by atoms with Crippen LogP contribution in [-0.4, -0.2) is 10.8 Å². The van der Waals surface area contributed by atoms with Gasteiger partial charge in [-0.15, -0.1) is 0 Å². The highest BCUT2D eigenvalue weighted by Crippen LogP contribution is 2.18. The number of nitriles is 1. The molecule has 1 N–H and O–H groups in total. The minimum absolute atomic E-state index is 0.0915. The van der Waals surface area contributed by atoms with Crippen LogP contribution in [0, 0.1) is 28.5 Å². The molecule has 6 nitrogen and oxygen atoms in total. The Labute approximate surface area is 85.3 Å². The molecule has 1 amide bonds. The highest BCUT2D eigenvalue weighted by Gasteiger charge is 2.14. The molecule has 0 aromatic heterocycles. The first-order valence-corrected chi connectivity index (χ1v) is 4.00. The summed E-state index contributed by atoms with van der Waals surface area (Å²) in [6.07, 6.45) is 1.46. The molecule has 0 unspecified atom stereocenters. The molecule has 0 bridgehead atoms. The second-order valence-corrected chi connectivity index (χ2v) is 2.82. The largest absolute Gasteiger partial charge is 0.273 e. The molecule has 0 spiro atoms. The maximum Gasteiger partial charge on any atom is 0.273 e. The number of carbonyl (C=O) groups is 1. The van der Waals surface area contributed by atoms with Crippen molar-refractivity contribution in [2.45, 2.75) is 6.92 Å². The molecule has 0 heterocycles. The Balaban J connectivity index is 3.14. The van der Waals surface area contributed by atoms with Gasteiger partial charge in [-0.2, -0.15) is 5.26 Å². The Morgan fingerprint density at radius 3 is 2.80 bits per heavy atom. The number of hydrogen-bond donors (Lipinski definition) is 1. The lowest BCUT2D eigenvalue weighted by atomic mass is 10.1. The van der Waals surface area contributed by atoms with Crippen LogP contribution < -0.4 is 5.32 Å². The van der Waals surface area contributed by atoms with E-state index in [1.54, 1.807) is 6.92 Å². The van der Waals surface area contributed by atoms with Crippen LogP contribution in [0.25, 0.3) is 0 Å². The van der Waals surface area contributed by atoms with Crippen LogP contribution in [0.1, 0.15) is 15.9 Å². The van der Waals surface area contributed by atoms with Gasteiger partial charge in [0.25, 0.3) is 11.6 Å². The zero-order valence-electron chi connectivity index (χ0n) is 7.85. The minimum atomic E-state index is -0.652. The predicted octanol–water partition coefficient (Wildman–Crippen LogP) is 1.11. The van der Waals surface area contributed by atoms with Crippen molar-refractivity contribution in [1.29, 1.82) is 5.26 Å². The van der Waals surface area contributed by atoms with Gasteiger partial charge in [-0.05, 0) is 13.0 Å². The first-order chi connectivity index (χ1) is 7.06. The molecule has 0 aliphatic heterocycles. The molecule has 1 aromatic rings. The van der Waals surface area contributed by atoms with Gasteiger partial charge in [0.15, 0.2) is 6.19 Å². The number of carbonyl (C=O) groups excluding carboxylic acids is 1. The zero-order valence-corrected chi connectivity index (χ0v) is 7.85. The maximum absolute atomic E-state index is 11.2. The normalized spacial score (nSPS) is 9.07. The molecule has 0 fully saturated rings. The third-order valence-electron chi connectivity index (χ3n) is 1.84. The van der Waals surface area contributed by atoms with Crippen molar-refractivity contribution in [1.82, 2.24) is 5.32 Å². The number of benzene rings is 1. The Morgan fingerprint density at radius 1 is 1.60 bits per heavy atom. The molecule has 1 rings (SSSR count). The number of nitrogens with one attached hydrogen (secondary N) is 1. The van der Waals surface area contributed by atoms with Crippen LogP contribution >= 0.6 is 0 Å². The maximum atomic E-state index is 11.2. The second-order valence-electron chi connectivity index (χ2n) is 2.82. The van der Waals surface area contributed by atoms with E-state index in [0.717, 1.165) is 6.07 Å². The van der Waals surface area contributed by atoms with E-state index >= 15 is 0 Å². The van der Waals surface area contributed by atoms with Crippen molar-refractivity contribution in [2.24, 2.45) is 0 Å². The SMILES string of the molecule is Cc1ccc(C(=O)NC#N)cc1[N+](=O)[O-]. The van der Waals surface area contributed by atoms with Crippen LogP contribution in [0.4, 0.5) is 5.69 Å². The molecular formula is C9H7N3O3. The van der Waals surface area contributed by atoms with Gasteiger partial charge < -0.3 is 0 Å². The summed E-state index contributed by atoms with van der Waals surface area (Å²) in [5, 5.41) is 20.7. The number of rotatable bonds is 2. The van der Waals surface area contributed by atoms with E-state index in [-0.39, 0.29) is 11.3 Å². The average Bonchev–Trinajstić information content (AvgIpc) is 2.18. The van der Waals surface area contributed by atoms with Gasteiger partial charge in [0.05, 0.1) is 4.92 Å².